The largest absolute Gasteiger partial charge is 0.393 e. The average Bonchev–Trinajstić information content (AvgIpc) is 2.16. The molecule has 90 valence electrons. The van der Waals surface area contributed by atoms with Crippen molar-refractivity contribution in [3.8, 4) is 0 Å². The van der Waals surface area contributed by atoms with Crippen LogP contribution in [0.5, 0.6) is 0 Å². The standard InChI is InChI=1S/C12H24O3/c1-4-6-12-14-10(5-2)8-11(15-12)7-9(3)13/h9-13H,4-8H2,1-3H3. The van der Waals surface area contributed by atoms with Crippen LogP contribution in [0.4, 0.5) is 0 Å². The van der Waals surface area contributed by atoms with Crippen molar-refractivity contribution < 1.29 is 14.6 Å². The third-order valence-electron chi connectivity index (χ3n) is 2.80. The maximum atomic E-state index is 9.36. The van der Waals surface area contributed by atoms with Crippen LogP contribution in [0.15, 0.2) is 0 Å². The molecule has 0 aliphatic carbocycles. The SMILES string of the molecule is CCCC1OC(CC)CC(CC(C)O)O1. The Hall–Kier alpha value is -0.120. The third kappa shape index (κ3) is 4.49. The molecule has 1 aliphatic rings. The first-order valence-corrected chi connectivity index (χ1v) is 6.14. The van der Waals surface area contributed by atoms with Crippen molar-refractivity contribution in [1.29, 1.82) is 0 Å². The van der Waals surface area contributed by atoms with Gasteiger partial charge < -0.3 is 14.6 Å². The van der Waals surface area contributed by atoms with E-state index >= 15 is 0 Å². The predicted molar refractivity (Wildman–Crippen MR) is 59.6 cm³/mol. The maximum absolute atomic E-state index is 9.36. The first-order chi connectivity index (χ1) is 7.15. The molecular formula is C12H24O3. The Balaban J connectivity index is 2.43. The van der Waals surface area contributed by atoms with Gasteiger partial charge in [-0.15, -0.1) is 0 Å². The fourth-order valence-electron chi connectivity index (χ4n) is 2.03. The second kappa shape index (κ2) is 6.46. The summed E-state index contributed by atoms with van der Waals surface area (Å²) in [6, 6.07) is 0. The van der Waals surface area contributed by atoms with Gasteiger partial charge in [-0.2, -0.15) is 0 Å². The Kier molecular flexibility index (Phi) is 5.58. The molecule has 0 amide bonds. The first kappa shape index (κ1) is 12.9. The number of ether oxygens (including phenoxy) is 2. The summed E-state index contributed by atoms with van der Waals surface area (Å²) in [6.07, 6.45) is 4.82. The molecule has 0 aromatic heterocycles. The van der Waals surface area contributed by atoms with Crippen molar-refractivity contribution in [3.63, 3.8) is 0 Å². The second-order valence-electron chi connectivity index (χ2n) is 4.46. The van der Waals surface area contributed by atoms with E-state index in [2.05, 4.69) is 13.8 Å². The van der Waals surface area contributed by atoms with Gasteiger partial charge in [0.25, 0.3) is 0 Å². The Morgan fingerprint density at radius 3 is 2.47 bits per heavy atom. The number of aliphatic hydroxyl groups excluding tert-OH is 1. The molecule has 0 saturated carbocycles. The van der Waals surface area contributed by atoms with Gasteiger partial charge in [-0.3, -0.25) is 0 Å². The monoisotopic (exact) mass is 216 g/mol. The van der Waals surface area contributed by atoms with Gasteiger partial charge in [-0.05, 0) is 26.2 Å². The van der Waals surface area contributed by atoms with Crippen LogP contribution in [-0.4, -0.2) is 29.7 Å². The van der Waals surface area contributed by atoms with Crippen LogP contribution in [-0.2, 0) is 9.47 Å². The Morgan fingerprint density at radius 2 is 1.93 bits per heavy atom. The molecule has 1 saturated heterocycles. The lowest BCUT2D eigenvalue weighted by Crippen LogP contribution is -2.39. The summed E-state index contributed by atoms with van der Waals surface area (Å²) in [5, 5.41) is 9.36. The van der Waals surface area contributed by atoms with Gasteiger partial charge >= 0.3 is 0 Å². The second-order valence-corrected chi connectivity index (χ2v) is 4.46. The van der Waals surface area contributed by atoms with Crippen molar-refractivity contribution in [1.82, 2.24) is 0 Å². The molecule has 0 spiro atoms. The highest BCUT2D eigenvalue weighted by Crippen LogP contribution is 2.25. The average molecular weight is 216 g/mol. The molecule has 1 rings (SSSR count). The zero-order valence-corrected chi connectivity index (χ0v) is 10.1. The van der Waals surface area contributed by atoms with Gasteiger partial charge in [0, 0.05) is 6.42 Å². The zero-order chi connectivity index (χ0) is 11.3. The molecular weight excluding hydrogens is 192 g/mol. The van der Waals surface area contributed by atoms with Crippen LogP contribution < -0.4 is 0 Å². The van der Waals surface area contributed by atoms with Crippen LogP contribution in [0.25, 0.3) is 0 Å². The van der Waals surface area contributed by atoms with E-state index in [9.17, 15) is 5.11 Å². The molecule has 4 atom stereocenters. The van der Waals surface area contributed by atoms with E-state index in [0.717, 1.165) is 32.1 Å². The summed E-state index contributed by atoms with van der Waals surface area (Å²) in [6.45, 7) is 6.08. The number of rotatable bonds is 5. The third-order valence-corrected chi connectivity index (χ3v) is 2.80. The van der Waals surface area contributed by atoms with Gasteiger partial charge in [0.2, 0.25) is 0 Å². The lowest BCUT2D eigenvalue weighted by Gasteiger charge is -2.36. The predicted octanol–water partition coefficient (Wildman–Crippen LogP) is 2.47. The molecule has 1 aliphatic heterocycles. The van der Waals surface area contributed by atoms with E-state index in [1.54, 1.807) is 0 Å². The van der Waals surface area contributed by atoms with E-state index in [4.69, 9.17) is 9.47 Å². The van der Waals surface area contributed by atoms with E-state index in [0.29, 0.717) is 6.10 Å². The molecule has 1 fully saturated rings. The van der Waals surface area contributed by atoms with Crippen LogP contribution in [0, 0.1) is 0 Å². The molecule has 3 nitrogen and oxygen atoms in total. The number of hydrogen-bond acceptors (Lipinski definition) is 3. The number of hydrogen-bond donors (Lipinski definition) is 1. The van der Waals surface area contributed by atoms with Crippen molar-refractivity contribution in [2.45, 2.75) is 77.5 Å². The number of aliphatic hydroxyl groups is 1. The quantitative estimate of drug-likeness (QED) is 0.767. The molecule has 15 heavy (non-hydrogen) atoms. The van der Waals surface area contributed by atoms with Gasteiger partial charge in [0.15, 0.2) is 6.29 Å². The van der Waals surface area contributed by atoms with Crippen LogP contribution in [0.3, 0.4) is 0 Å². The highest BCUT2D eigenvalue weighted by molar-refractivity contribution is 4.73. The molecule has 0 radical (unpaired) electrons. The lowest BCUT2D eigenvalue weighted by atomic mass is 10.0. The van der Waals surface area contributed by atoms with E-state index in [-0.39, 0.29) is 18.5 Å². The molecule has 4 unspecified atom stereocenters. The van der Waals surface area contributed by atoms with E-state index in [1.807, 2.05) is 6.92 Å². The van der Waals surface area contributed by atoms with Crippen molar-refractivity contribution >= 4 is 0 Å². The minimum atomic E-state index is -0.284. The minimum absolute atomic E-state index is 0.0579. The Labute approximate surface area is 92.8 Å². The summed E-state index contributed by atoms with van der Waals surface area (Å²) in [5.74, 6) is 0. The Morgan fingerprint density at radius 1 is 1.27 bits per heavy atom. The summed E-state index contributed by atoms with van der Waals surface area (Å²) < 4.78 is 11.6. The normalized spacial score (nSPS) is 34.0. The van der Waals surface area contributed by atoms with Gasteiger partial charge in [-0.1, -0.05) is 20.3 Å². The molecule has 0 aromatic carbocycles. The van der Waals surface area contributed by atoms with Gasteiger partial charge in [-0.25, -0.2) is 0 Å². The Bertz CT molecular complexity index is 170. The minimum Gasteiger partial charge on any atom is -0.393 e. The molecule has 3 heteroatoms. The topological polar surface area (TPSA) is 38.7 Å². The molecule has 0 bridgehead atoms. The molecule has 0 aromatic rings. The fraction of sp³-hybridized carbons (Fsp3) is 1.00. The van der Waals surface area contributed by atoms with E-state index < -0.39 is 0 Å². The van der Waals surface area contributed by atoms with Crippen LogP contribution in [0.2, 0.25) is 0 Å². The van der Waals surface area contributed by atoms with Gasteiger partial charge in [0.05, 0.1) is 18.3 Å². The lowest BCUT2D eigenvalue weighted by molar-refractivity contribution is -0.249. The van der Waals surface area contributed by atoms with Crippen LogP contribution in [0.1, 0.15) is 52.9 Å². The summed E-state index contributed by atoms with van der Waals surface area (Å²) >= 11 is 0. The summed E-state index contributed by atoms with van der Waals surface area (Å²) in [7, 11) is 0. The highest BCUT2D eigenvalue weighted by Gasteiger charge is 2.29. The summed E-state index contributed by atoms with van der Waals surface area (Å²) in [5.41, 5.74) is 0. The van der Waals surface area contributed by atoms with Crippen molar-refractivity contribution in [3.05, 3.63) is 0 Å². The molecule has 1 heterocycles. The summed E-state index contributed by atoms with van der Waals surface area (Å²) in [4.78, 5) is 0. The molecule has 1 N–H and O–H groups in total. The maximum Gasteiger partial charge on any atom is 0.158 e. The zero-order valence-electron chi connectivity index (χ0n) is 10.1. The first-order valence-electron chi connectivity index (χ1n) is 6.14. The smallest absolute Gasteiger partial charge is 0.158 e. The van der Waals surface area contributed by atoms with E-state index in [1.165, 1.54) is 0 Å². The van der Waals surface area contributed by atoms with Crippen LogP contribution >= 0.6 is 0 Å². The van der Waals surface area contributed by atoms with Crippen molar-refractivity contribution in [2.24, 2.45) is 0 Å². The highest BCUT2D eigenvalue weighted by atomic mass is 16.7. The fourth-order valence-corrected chi connectivity index (χ4v) is 2.03. The van der Waals surface area contributed by atoms with Crippen molar-refractivity contribution in [2.75, 3.05) is 0 Å². The van der Waals surface area contributed by atoms with Gasteiger partial charge in [0.1, 0.15) is 0 Å².